The Bertz CT molecular complexity index is 620. The third-order valence-electron chi connectivity index (χ3n) is 4.90. The molecule has 1 aliphatic carbocycles. The quantitative estimate of drug-likeness (QED) is 0.933. The maximum atomic E-state index is 12.7. The van der Waals surface area contributed by atoms with E-state index in [2.05, 4.69) is 0 Å². The van der Waals surface area contributed by atoms with Crippen molar-refractivity contribution in [3.8, 4) is 0 Å². The van der Waals surface area contributed by atoms with E-state index < -0.39 is 11.9 Å². The average molecular weight is 299 g/mol. The van der Waals surface area contributed by atoms with E-state index in [0.29, 0.717) is 13.1 Å². The van der Waals surface area contributed by atoms with Crippen molar-refractivity contribution < 1.29 is 14.7 Å². The molecular formula is C18H21NO3. The maximum absolute atomic E-state index is 12.7. The van der Waals surface area contributed by atoms with Gasteiger partial charge in [0.2, 0.25) is 5.91 Å². The molecule has 4 nitrogen and oxygen atoms in total. The molecule has 0 aromatic heterocycles. The highest BCUT2D eigenvalue weighted by Crippen LogP contribution is 2.35. The highest BCUT2D eigenvalue weighted by Gasteiger charge is 2.41. The van der Waals surface area contributed by atoms with E-state index in [1.54, 1.807) is 4.90 Å². The minimum atomic E-state index is -0.818. The molecule has 1 aliphatic heterocycles. The van der Waals surface area contributed by atoms with Gasteiger partial charge in [-0.15, -0.1) is 0 Å². The first kappa shape index (κ1) is 14.8. The number of carboxylic acid groups (broad SMARTS) is 1. The van der Waals surface area contributed by atoms with Crippen LogP contribution >= 0.6 is 0 Å². The number of rotatable bonds is 3. The van der Waals surface area contributed by atoms with Crippen molar-refractivity contribution in [2.75, 3.05) is 13.1 Å². The Balaban J connectivity index is 1.83. The van der Waals surface area contributed by atoms with Gasteiger partial charge in [-0.05, 0) is 31.7 Å². The van der Waals surface area contributed by atoms with Crippen molar-refractivity contribution in [3.05, 3.63) is 47.0 Å². The molecule has 1 saturated heterocycles. The lowest BCUT2D eigenvalue weighted by atomic mass is 9.89. The van der Waals surface area contributed by atoms with Gasteiger partial charge in [0.1, 0.15) is 0 Å². The largest absolute Gasteiger partial charge is 0.481 e. The van der Waals surface area contributed by atoms with Crippen molar-refractivity contribution in [1.82, 2.24) is 4.90 Å². The fourth-order valence-corrected chi connectivity index (χ4v) is 3.63. The van der Waals surface area contributed by atoms with Crippen LogP contribution in [0.1, 0.15) is 37.7 Å². The van der Waals surface area contributed by atoms with Crippen molar-refractivity contribution >= 4 is 11.9 Å². The monoisotopic (exact) mass is 299 g/mol. The summed E-state index contributed by atoms with van der Waals surface area (Å²) in [4.78, 5) is 26.0. The predicted octanol–water partition coefficient (Wildman–Crippen LogP) is 2.81. The van der Waals surface area contributed by atoms with Gasteiger partial charge < -0.3 is 10.0 Å². The molecule has 1 fully saturated rings. The molecule has 3 rings (SSSR count). The number of carbonyl (C=O) groups excluding carboxylic acids is 1. The number of allylic oxidation sites excluding steroid dienone is 1. The molecule has 0 spiro atoms. The number of amides is 1. The van der Waals surface area contributed by atoms with Gasteiger partial charge in [0.25, 0.3) is 0 Å². The second-order valence-corrected chi connectivity index (χ2v) is 6.28. The van der Waals surface area contributed by atoms with Gasteiger partial charge in [0.05, 0.1) is 5.92 Å². The predicted molar refractivity (Wildman–Crippen MR) is 83.4 cm³/mol. The number of hydrogen-bond donors (Lipinski definition) is 1. The third-order valence-corrected chi connectivity index (χ3v) is 4.90. The van der Waals surface area contributed by atoms with Crippen LogP contribution in [-0.2, 0) is 9.59 Å². The van der Waals surface area contributed by atoms with Crippen LogP contribution in [0.5, 0.6) is 0 Å². The number of benzene rings is 1. The summed E-state index contributed by atoms with van der Waals surface area (Å²) in [5, 5.41) is 9.51. The number of hydrogen-bond acceptors (Lipinski definition) is 2. The van der Waals surface area contributed by atoms with Crippen LogP contribution in [0.15, 0.2) is 41.5 Å². The summed E-state index contributed by atoms with van der Waals surface area (Å²) < 4.78 is 0. The Labute approximate surface area is 130 Å². The van der Waals surface area contributed by atoms with Gasteiger partial charge in [0.15, 0.2) is 0 Å². The summed E-state index contributed by atoms with van der Waals surface area (Å²) in [6.07, 6.45) is 2.85. The van der Waals surface area contributed by atoms with Crippen LogP contribution in [0.3, 0.4) is 0 Å². The first-order chi connectivity index (χ1) is 10.6. The lowest BCUT2D eigenvalue weighted by molar-refractivity contribution is -0.141. The topological polar surface area (TPSA) is 57.6 Å². The van der Waals surface area contributed by atoms with Gasteiger partial charge in [-0.25, -0.2) is 0 Å². The van der Waals surface area contributed by atoms with Crippen LogP contribution in [0.25, 0.3) is 0 Å². The Morgan fingerprint density at radius 1 is 1.14 bits per heavy atom. The molecule has 1 amide bonds. The lowest BCUT2D eigenvalue weighted by Crippen LogP contribution is -2.31. The van der Waals surface area contributed by atoms with Gasteiger partial charge in [-0.2, -0.15) is 0 Å². The summed E-state index contributed by atoms with van der Waals surface area (Å²) in [5.41, 5.74) is 3.07. The molecule has 2 atom stereocenters. The SMILES string of the molecule is CC1=C(C(=O)N2CC(C(=O)O)C(c3ccccc3)C2)CCC1. The highest BCUT2D eigenvalue weighted by atomic mass is 16.4. The van der Waals surface area contributed by atoms with E-state index in [0.717, 1.165) is 30.4 Å². The zero-order valence-corrected chi connectivity index (χ0v) is 12.8. The molecule has 22 heavy (non-hydrogen) atoms. The molecule has 2 unspecified atom stereocenters. The van der Waals surface area contributed by atoms with E-state index in [-0.39, 0.29) is 11.8 Å². The average Bonchev–Trinajstić information content (AvgIpc) is 3.14. The summed E-state index contributed by atoms with van der Waals surface area (Å²) in [7, 11) is 0. The second kappa shape index (κ2) is 5.95. The number of carboxylic acids is 1. The Kier molecular flexibility index (Phi) is 4.01. The maximum Gasteiger partial charge on any atom is 0.308 e. The van der Waals surface area contributed by atoms with Crippen LogP contribution in [-0.4, -0.2) is 35.0 Å². The van der Waals surface area contributed by atoms with Crippen LogP contribution in [0.4, 0.5) is 0 Å². The van der Waals surface area contributed by atoms with Gasteiger partial charge >= 0.3 is 5.97 Å². The molecule has 0 saturated carbocycles. The summed E-state index contributed by atoms with van der Waals surface area (Å²) in [6, 6.07) is 9.66. The minimum Gasteiger partial charge on any atom is -0.481 e. The molecule has 116 valence electrons. The lowest BCUT2D eigenvalue weighted by Gasteiger charge is -2.18. The molecule has 1 heterocycles. The molecular weight excluding hydrogens is 278 g/mol. The smallest absolute Gasteiger partial charge is 0.308 e. The van der Waals surface area contributed by atoms with E-state index in [1.807, 2.05) is 37.3 Å². The van der Waals surface area contributed by atoms with E-state index >= 15 is 0 Å². The van der Waals surface area contributed by atoms with Gasteiger partial charge in [-0.3, -0.25) is 9.59 Å². The van der Waals surface area contributed by atoms with E-state index in [4.69, 9.17) is 0 Å². The Morgan fingerprint density at radius 3 is 2.45 bits per heavy atom. The Morgan fingerprint density at radius 2 is 1.86 bits per heavy atom. The third kappa shape index (κ3) is 2.65. The molecule has 1 N–H and O–H groups in total. The number of aliphatic carboxylic acids is 1. The van der Waals surface area contributed by atoms with Crippen molar-refractivity contribution in [2.24, 2.45) is 5.92 Å². The molecule has 4 heteroatoms. The van der Waals surface area contributed by atoms with Gasteiger partial charge in [-0.1, -0.05) is 35.9 Å². The minimum absolute atomic E-state index is 0.0414. The van der Waals surface area contributed by atoms with Crippen molar-refractivity contribution in [3.63, 3.8) is 0 Å². The Hall–Kier alpha value is -2.10. The molecule has 0 bridgehead atoms. The molecule has 1 aromatic rings. The van der Waals surface area contributed by atoms with Crippen molar-refractivity contribution in [2.45, 2.75) is 32.1 Å². The molecule has 2 aliphatic rings. The number of nitrogens with zero attached hydrogens (tertiary/aromatic N) is 1. The fraction of sp³-hybridized carbons (Fsp3) is 0.444. The fourth-order valence-electron chi connectivity index (χ4n) is 3.63. The highest BCUT2D eigenvalue weighted by molar-refractivity contribution is 5.95. The first-order valence-corrected chi connectivity index (χ1v) is 7.83. The van der Waals surface area contributed by atoms with Crippen LogP contribution in [0, 0.1) is 5.92 Å². The summed E-state index contributed by atoms with van der Waals surface area (Å²) in [6.45, 7) is 2.82. The van der Waals surface area contributed by atoms with Crippen molar-refractivity contribution in [1.29, 1.82) is 0 Å². The number of likely N-dealkylation sites (tertiary alicyclic amines) is 1. The van der Waals surface area contributed by atoms with Crippen LogP contribution in [0.2, 0.25) is 0 Å². The normalized spacial score (nSPS) is 24.9. The van der Waals surface area contributed by atoms with Crippen LogP contribution < -0.4 is 0 Å². The zero-order chi connectivity index (χ0) is 15.7. The summed E-state index contributed by atoms with van der Waals surface area (Å²) in [5.74, 6) is -1.42. The second-order valence-electron chi connectivity index (χ2n) is 6.28. The first-order valence-electron chi connectivity index (χ1n) is 7.83. The summed E-state index contributed by atoms with van der Waals surface area (Å²) >= 11 is 0. The number of carbonyl (C=O) groups is 2. The standard InChI is InChI=1S/C18H21NO3/c1-12-6-5-9-14(12)17(20)19-10-15(16(11-19)18(21)22)13-7-3-2-4-8-13/h2-4,7-8,15-16H,5-6,9-11H2,1H3,(H,21,22). The van der Waals surface area contributed by atoms with Gasteiger partial charge in [0, 0.05) is 24.6 Å². The van der Waals surface area contributed by atoms with E-state index in [1.165, 1.54) is 5.57 Å². The molecule has 0 radical (unpaired) electrons. The molecule has 1 aromatic carbocycles. The van der Waals surface area contributed by atoms with E-state index in [9.17, 15) is 14.7 Å². The zero-order valence-electron chi connectivity index (χ0n) is 12.8.